The number of benzene rings is 1. The van der Waals surface area contributed by atoms with Gasteiger partial charge in [0.25, 0.3) is 5.69 Å². The van der Waals surface area contributed by atoms with Crippen molar-refractivity contribution in [1.82, 2.24) is 0 Å². The van der Waals surface area contributed by atoms with Crippen molar-refractivity contribution in [3.05, 3.63) is 39.9 Å². The van der Waals surface area contributed by atoms with Crippen LogP contribution in [0.4, 0.5) is 5.69 Å². The third-order valence-electron chi connectivity index (χ3n) is 1.58. The quantitative estimate of drug-likeness (QED) is 0.395. The molecule has 0 spiro atoms. The van der Waals surface area contributed by atoms with Crippen LogP contribution < -0.4 is 0 Å². The largest absolute Gasteiger partial charge is 0.483 e. The number of hydrogen-bond acceptors (Lipinski definition) is 6. The fraction of sp³-hybridized carbons (Fsp3) is 0. The van der Waals surface area contributed by atoms with Crippen molar-refractivity contribution < 1.29 is 24.4 Å². The predicted molar refractivity (Wildman–Crippen MR) is 51.0 cm³/mol. The summed E-state index contributed by atoms with van der Waals surface area (Å²) < 4.78 is 0. The zero-order valence-corrected chi connectivity index (χ0v) is 8.16. The van der Waals surface area contributed by atoms with Crippen molar-refractivity contribution in [2.75, 3.05) is 0 Å². The van der Waals surface area contributed by atoms with Crippen molar-refractivity contribution in [3.8, 4) is 0 Å². The van der Waals surface area contributed by atoms with Crippen molar-refractivity contribution in [1.29, 1.82) is 0 Å². The van der Waals surface area contributed by atoms with Gasteiger partial charge in [0.2, 0.25) is 0 Å². The molecule has 0 saturated heterocycles. The van der Waals surface area contributed by atoms with Gasteiger partial charge in [-0.05, 0) is 6.07 Å². The first-order chi connectivity index (χ1) is 6.82. The van der Waals surface area contributed by atoms with E-state index < -0.39 is 18.4 Å². The molecule has 0 fully saturated rings. The molecule has 15 heavy (non-hydrogen) atoms. The molecule has 0 saturated carbocycles. The molecular formula is C7H7NO6P+. The van der Waals surface area contributed by atoms with Crippen molar-refractivity contribution in [2.24, 2.45) is 0 Å². The minimum atomic E-state index is -4.64. The zero-order chi connectivity index (χ0) is 11.6. The normalized spacial score (nSPS) is 11.1. The molecule has 3 N–H and O–H groups in total. The summed E-state index contributed by atoms with van der Waals surface area (Å²) in [5.41, 5.74) is -1.99. The molecule has 8 heteroatoms. The Morgan fingerprint density at radius 1 is 1.33 bits per heavy atom. The van der Waals surface area contributed by atoms with Crippen LogP contribution >= 0.6 is 7.94 Å². The molecule has 0 atom stereocenters. The van der Waals surface area contributed by atoms with E-state index in [2.05, 4.69) is 0 Å². The van der Waals surface area contributed by atoms with E-state index in [1.807, 2.05) is 0 Å². The maximum Gasteiger partial charge on any atom is 0.483 e. The Hall–Kier alpha value is -1.40. The van der Waals surface area contributed by atoms with Crippen molar-refractivity contribution in [3.63, 3.8) is 0 Å². The second-order valence-electron chi connectivity index (χ2n) is 2.68. The number of carbonyl (C=O) groups is 1. The van der Waals surface area contributed by atoms with Crippen LogP contribution in [0.5, 0.6) is 0 Å². The number of hydrogen-bond donors (Lipinski definition) is 3. The Morgan fingerprint density at radius 3 is 2.40 bits per heavy atom. The average Bonchev–Trinajstić information content (AvgIpc) is 2.15. The molecule has 7 nitrogen and oxygen atoms in total. The Labute approximate surface area is 84.3 Å². The highest BCUT2D eigenvalue weighted by Crippen LogP contribution is 2.48. The summed E-state index contributed by atoms with van der Waals surface area (Å²) in [4.78, 5) is 46.7. The third kappa shape index (κ3) is 2.77. The number of nitrogens with zero attached hydrogens (tertiary/aromatic N) is 1. The molecule has 0 aliphatic heterocycles. The first kappa shape index (κ1) is 11.7. The number of nitro groups is 1. The molecule has 0 unspecified atom stereocenters. The molecule has 0 aliphatic carbocycles. The molecule has 1 rings (SSSR count). The van der Waals surface area contributed by atoms with Crippen molar-refractivity contribution >= 4 is 19.2 Å². The maximum absolute atomic E-state index is 11.1. The fourth-order valence-electron chi connectivity index (χ4n) is 0.926. The summed E-state index contributed by atoms with van der Waals surface area (Å²) in [6, 6.07) is 4.36. The van der Waals surface area contributed by atoms with Gasteiger partial charge in [-0.3, -0.25) is 10.1 Å². The van der Waals surface area contributed by atoms with Crippen LogP contribution in [-0.2, 0) is 0 Å². The number of nitro benzene ring substituents is 1. The van der Waals surface area contributed by atoms with E-state index >= 15 is 0 Å². The topological polar surface area (TPSA) is 121 Å². The highest BCUT2D eigenvalue weighted by molar-refractivity contribution is 7.76. The second-order valence-corrected chi connectivity index (χ2v) is 4.22. The van der Waals surface area contributed by atoms with Crippen LogP contribution in [0.2, 0.25) is 0 Å². The van der Waals surface area contributed by atoms with Gasteiger partial charge in [-0.15, -0.1) is 0 Å². The van der Waals surface area contributed by atoms with Gasteiger partial charge in [-0.2, -0.15) is 14.7 Å². The Kier molecular flexibility index (Phi) is 3.11. The van der Waals surface area contributed by atoms with E-state index in [1.54, 1.807) is 0 Å². The summed E-state index contributed by atoms with van der Waals surface area (Å²) in [5, 5.41) is 10.3. The Balaban J connectivity index is 3.12. The van der Waals surface area contributed by atoms with E-state index in [1.165, 1.54) is 6.07 Å². The molecule has 0 bridgehead atoms. The maximum atomic E-state index is 11.1. The van der Waals surface area contributed by atoms with Crippen LogP contribution in [0.3, 0.4) is 0 Å². The molecule has 1 aromatic rings. The Bertz CT molecular complexity index is 412. The summed E-state index contributed by atoms with van der Waals surface area (Å²) in [6.07, 6.45) is 0. The SMILES string of the molecule is O=C(c1cccc([N+](=O)[O-])c1)[P+](O)(O)O. The number of rotatable bonds is 3. The molecule has 0 heterocycles. The predicted octanol–water partition coefficient (Wildman–Crippen LogP) is 0.474. The smallest absolute Gasteiger partial charge is 0.258 e. The summed E-state index contributed by atoms with van der Waals surface area (Å²) in [6.45, 7) is 0. The van der Waals surface area contributed by atoms with Gasteiger partial charge in [-0.1, -0.05) is 6.07 Å². The van der Waals surface area contributed by atoms with E-state index in [-0.39, 0.29) is 11.3 Å². The van der Waals surface area contributed by atoms with Crippen molar-refractivity contribution in [2.45, 2.75) is 0 Å². The van der Waals surface area contributed by atoms with E-state index in [0.717, 1.165) is 18.2 Å². The number of non-ortho nitro benzene ring substituents is 1. The fourth-order valence-corrected chi connectivity index (χ4v) is 1.41. The van der Waals surface area contributed by atoms with Crippen LogP contribution in [0.25, 0.3) is 0 Å². The van der Waals surface area contributed by atoms with Crippen LogP contribution in [0, 0.1) is 10.1 Å². The molecule has 0 radical (unpaired) electrons. The lowest BCUT2D eigenvalue weighted by Gasteiger charge is -2.01. The molecule has 80 valence electrons. The minimum absolute atomic E-state index is 0.315. The van der Waals surface area contributed by atoms with E-state index in [0.29, 0.717) is 0 Å². The average molecular weight is 232 g/mol. The number of carbonyl (C=O) groups excluding carboxylic acids is 1. The van der Waals surface area contributed by atoms with Gasteiger partial charge in [0.15, 0.2) is 0 Å². The zero-order valence-electron chi connectivity index (χ0n) is 7.27. The van der Waals surface area contributed by atoms with Crippen LogP contribution in [0.15, 0.2) is 24.3 Å². The lowest BCUT2D eigenvalue weighted by atomic mass is 10.2. The monoisotopic (exact) mass is 232 g/mol. The first-order valence-corrected chi connectivity index (χ1v) is 5.34. The molecule has 0 aliphatic rings. The Morgan fingerprint density at radius 2 is 1.93 bits per heavy atom. The van der Waals surface area contributed by atoms with E-state index in [4.69, 9.17) is 14.7 Å². The van der Waals surface area contributed by atoms with Gasteiger partial charge in [0.05, 0.1) is 10.5 Å². The third-order valence-corrected chi connectivity index (χ3v) is 2.38. The summed E-state index contributed by atoms with van der Waals surface area (Å²) in [5.74, 6) is 0. The molecular weight excluding hydrogens is 225 g/mol. The molecule has 0 amide bonds. The van der Waals surface area contributed by atoms with Gasteiger partial charge < -0.3 is 0 Å². The highest BCUT2D eigenvalue weighted by Gasteiger charge is 2.43. The highest BCUT2D eigenvalue weighted by atomic mass is 31.2. The van der Waals surface area contributed by atoms with Crippen LogP contribution in [0.1, 0.15) is 10.4 Å². The summed E-state index contributed by atoms with van der Waals surface area (Å²) in [7, 11) is -4.64. The second kappa shape index (κ2) is 4.00. The minimum Gasteiger partial charge on any atom is -0.258 e. The molecule has 1 aromatic carbocycles. The van der Waals surface area contributed by atoms with E-state index in [9.17, 15) is 14.9 Å². The van der Waals surface area contributed by atoms with Gasteiger partial charge in [-0.25, -0.2) is 4.79 Å². The summed E-state index contributed by atoms with van der Waals surface area (Å²) >= 11 is 0. The molecule has 0 aromatic heterocycles. The lowest BCUT2D eigenvalue weighted by Crippen LogP contribution is -2.05. The van der Waals surface area contributed by atoms with Gasteiger partial charge in [0.1, 0.15) is 0 Å². The standard InChI is InChI=1S/C7H7NO6P/c9-7(15(12,13)14)5-2-1-3-6(4-5)8(10)11/h1-4,12-14H/q+1. The van der Waals surface area contributed by atoms with Crippen LogP contribution in [-0.4, -0.2) is 25.1 Å². The lowest BCUT2D eigenvalue weighted by molar-refractivity contribution is -0.384. The van der Waals surface area contributed by atoms with Gasteiger partial charge >= 0.3 is 13.5 Å². The first-order valence-electron chi connectivity index (χ1n) is 3.69. The van der Waals surface area contributed by atoms with Gasteiger partial charge in [0, 0.05) is 12.1 Å².